The van der Waals surface area contributed by atoms with Crippen molar-refractivity contribution >= 4 is 17.3 Å². The Labute approximate surface area is 131 Å². The van der Waals surface area contributed by atoms with Gasteiger partial charge in [-0.25, -0.2) is 0 Å². The van der Waals surface area contributed by atoms with E-state index in [0.717, 1.165) is 30.0 Å². The molecular weight excluding hydrogens is 282 g/mol. The van der Waals surface area contributed by atoms with Crippen LogP contribution in [-0.4, -0.2) is 12.6 Å². The second-order valence-corrected chi connectivity index (χ2v) is 6.29. The highest BCUT2D eigenvalue weighted by Crippen LogP contribution is 2.31. The van der Waals surface area contributed by atoms with Crippen molar-refractivity contribution in [2.24, 2.45) is 0 Å². The molecule has 0 saturated heterocycles. The van der Waals surface area contributed by atoms with Crippen LogP contribution in [0.4, 0.5) is 5.69 Å². The first-order valence-corrected chi connectivity index (χ1v) is 7.80. The molecule has 0 aromatic heterocycles. The number of hydrogen-bond donors (Lipinski definition) is 1. The van der Waals surface area contributed by atoms with Gasteiger partial charge in [-0.2, -0.15) is 0 Å². The monoisotopic (exact) mass is 301 g/mol. The summed E-state index contributed by atoms with van der Waals surface area (Å²) in [6.07, 6.45) is 1.14. The number of halogens is 1. The van der Waals surface area contributed by atoms with E-state index >= 15 is 0 Å². The summed E-state index contributed by atoms with van der Waals surface area (Å²) < 4.78 is 5.99. The van der Waals surface area contributed by atoms with E-state index in [2.05, 4.69) is 42.6 Å². The summed E-state index contributed by atoms with van der Waals surface area (Å²) in [5.41, 5.74) is 4.81. The number of anilines is 1. The van der Waals surface area contributed by atoms with Gasteiger partial charge in [0.2, 0.25) is 0 Å². The smallest absolute Gasteiger partial charge is 0.123 e. The fourth-order valence-corrected chi connectivity index (χ4v) is 2.98. The zero-order valence-corrected chi connectivity index (χ0v) is 13.2. The van der Waals surface area contributed by atoms with Gasteiger partial charge in [0, 0.05) is 12.1 Å². The van der Waals surface area contributed by atoms with Crippen molar-refractivity contribution in [2.45, 2.75) is 31.7 Å². The predicted molar refractivity (Wildman–Crippen MR) is 88.5 cm³/mol. The van der Waals surface area contributed by atoms with Crippen LogP contribution in [0, 0.1) is 6.92 Å². The molecule has 2 aromatic carbocycles. The van der Waals surface area contributed by atoms with Crippen LogP contribution in [0.3, 0.4) is 0 Å². The first kappa shape index (κ1) is 14.3. The van der Waals surface area contributed by atoms with E-state index in [1.54, 1.807) is 0 Å². The van der Waals surface area contributed by atoms with E-state index in [4.69, 9.17) is 16.3 Å². The Balaban J connectivity index is 1.65. The normalized spacial score (nSPS) is 18.0. The third-order valence-corrected chi connectivity index (χ3v) is 4.10. The van der Waals surface area contributed by atoms with Crippen molar-refractivity contribution in [3.05, 3.63) is 59.2 Å². The molecular formula is C18H20ClNO. The molecule has 0 aliphatic carbocycles. The molecule has 1 aliphatic heterocycles. The number of rotatable bonds is 4. The number of alkyl halides is 1. The summed E-state index contributed by atoms with van der Waals surface area (Å²) >= 11 is 6.22. The number of ether oxygens (including phenoxy) is 1. The Kier molecular flexibility index (Phi) is 4.07. The van der Waals surface area contributed by atoms with Gasteiger partial charge in [0.1, 0.15) is 11.9 Å². The number of hydrogen-bond acceptors (Lipinski definition) is 2. The number of para-hydroxylation sites is 1. The lowest BCUT2D eigenvalue weighted by Crippen LogP contribution is -2.24. The molecule has 3 heteroatoms. The fraction of sp³-hybridized carbons (Fsp3) is 0.333. The lowest BCUT2D eigenvalue weighted by atomic mass is 10.1. The molecule has 1 N–H and O–H groups in total. The van der Waals surface area contributed by atoms with E-state index in [1.165, 1.54) is 11.1 Å². The highest BCUT2D eigenvalue weighted by molar-refractivity contribution is 6.21. The van der Waals surface area contributed by atoms with Crippen LogP contribution in [0.25, 0.3) is 0 Å². The van der Waals surface area contributed by atoms with Crippen molar-refractivity contribution in [3.63, 3.8) is 0 Å². The molecule has 2 atom stereocenters. The van der Waals surface area contributed by atoms with Crippen LogP contribution in [0.2, 0.25) is 0 Å². The highest BCUT2D eigenvalue weighted by Gasteiger charge is 2.22. The van der Waals surface area contributed by atoms with Gasteiger partial charge < -0.3 is 10.1 Å². The van der Waals surface area contributed by atoms with Gasteiger partial charge >= 0.3 is 0 Å². The molecule has 0 bridgehead atoms. The van der Waals surface area contributed by atoms with Gasteiger partial charge in [0.25, 0.3) is 0 Å². The Hall–Kier alpha value is -1.67. The standard InChI is InChI=1S/C18H20ClNO/c1-12-7-8-18-14(9-12)10-15(21-18)11-20-17-6-4-3-5-16(17)13(2)19/h3-9,13,15,20H,10-11H2,1-2H3. The maximum atomic E-state index is 6.22. The summed E-state index contributed by atoms with van der Waals surface area (Å²) in [6, 6.07) is 14.6. The van der Waals surface area contributed by atoms with Crippen LogP contribution in [0.15, 0.2) is 42.5 Å². The summed E-state index contributed by atoms with van der Waals surface area (Å²) in [4.78, 5) is 0. The van der Waals surface area contributed by atoms with Crippen LogP contribution < -0.4 is 10.1 Å². The van der Waals surface area contributed by atoms with E-state index in [0.29, 0.717) is 0 Å². The van der Waals surface area contributed by atoms with Crippen LogP contribution in [0.5, 0.6) is 5.75 Å². The van der Waals surface area contributed by atoms with Crippen molar-refractivity contribution in [2.75, 3.05) is 11.9 Å². The minimum atomic E-state index is -0.00181. The average Bonchev–Trinajstić information content (AvgIpc) is 2.87. The Morgan fingerprint density at radius 1 is 1.29 bits per heavy atom. The summed E-state index contributed by atoms with van der Waals surface area (Å²) in [5.74, 6) is 1.02. The number of aryl methyl sites for hydroxylation is 1. The third-order valence-electron chi connectivity index (χ3n) is 3.87. The molecule has 0 amide bonds. The summed E-state index contributed by atoms with van der Waals surface area (Å²) in [7, 11) is 0. The third kappa shape index (κ3) is 3.16. The Morgan fingerprint density at radius 3 is 2.90 bits per heavy atom. The minimum absolute atomic E-state index is 0.00181. The van der Waals surface area contributed by atoms with Gasteiger partial charge in [-0.3, -0.25) is 0 Å². The average molecular weight is 302 g/mol. The highest BCUT2D eigenvalue weighted by atomic mass is 35.5. The Morgan fingerprint density at radius 2 is 2.10 bits per heavy atom. The maximum absolute atomic E-state index is 6.22. The first-order chi connectivity index (χ1) is 10.1. The molecule has 0 radical (unpaired) electrons. The van der Waals surface area contributed by atoms with Crippen molar-refractivity contribution in [1.82, 2.24) is 0 Å². The predicted octanol–water partition coefficient (Wildman–Crippen LogP) is 4.71. The van der Waals surface area contributed by atoms with Crippen molar-refractivity contribution in [3.8, 4) is 5.75 Å². The van der Waals surface area contributed by atoms with E-state index in [9.17, 15) is 0 Å². The second-order valence-electron chi connectivity index (χ2n) is 5.64. The van der Waals surface area contributed by atoms with Crippen LogP contribution in [0.1, 0.15) is 29.0 Å². The van der Waals surface area contributed by atoms with E-state index < -0.39 is 0 Å². The molecule has 1 heterocycles. The van der Waals surface area contributed by atoms with Crippen LogP contribution >= 0.6 is 11.6 Å². The molecule has 0 saturated carbocycles. The lowest BCUT2D eigenvalue weighted by molar-refractivity contribution is 0.246. The lowest BCUT2D eigenvalue weighted by Gasteiger charge is -2.16. The summed E-state index contributed by atoms with van der Waals surface area (Å²) in [5, 5.41) is 3.47. The SMILES string of the molecule is Cc1ccc2c(c1)CC(CNc1ccccc1C(C)Cl)O2. The van der Waals surface area contributed by atoms with Gasteiger partial charge in [0.15, 0.2) is 0 Å². The molecule has 2 nitrogen and oxygen atoms in total. The molecule has 21 heavy (non-hydrogen) atoms. The molecule has 2 aromatic rings. The zero-order valence-electron chi connectivity index (χ0n) is 12.4. The van der Waals surface area contributed by atoms with Crippen molar-refractivity contribution < 1.29 is 4.74 Å². The number of benzene rings is 2. The van der Waals surface area contributed by atoms with E-state index in [1.807, 2.05) is 19.1 Å². The minimum Gasteiger partial charge on any atom is -0.488 e. The molecule has 3 rings (SSSR count). The molecule has 0 fully saturated rings. The van der Waals surface area contributed by atoms with Gasteiger partial charge in [-0.15, -0.1) is 11.6 Å². The van der Waals surface area contributed by atoms with Gasteiger partial charge in [0.05, 0.1) is 11.9 Å². The van der Waals surface area contributed by atoms with Gasteiger partial charge in [-0.05, 0) is 37.1 Å². The maximum Gasteiger partial charge on any atom is 0.123 e. The van der Waals surface area contributed by atoms with Crippen molar-refractivity contribution in [1.29, 1.82) is 0 Å². The molecule has 1 aliphatic rings. The second kappa shape index (κ2) is 5.98. The number of nitrogens with one attached hydrogen (secondary N) is 1. The van der Waals surface area contributed by atoms with Crippen LogP contribution in [-0.2, 0) is 6.42 Å². The zero-order chi connectivity index (χ0) is 14.8. The summed E-state index contributed by atoms with van der Waals surface area (Å²) in [6.45, 7) is 4.89. The quantitative estimate of drug-likeness (QED) is 0.826. The molecule has 2 unspecified atom stereocenters. The first-order valence-electron chi connectivity index (χ1n) is 7.36. The molecule has 0 spiro atoms. The topological polar surface area (TPSA) is 21.3 Å². The Bertz CT molecular complexity index is 639. The van der Waals surface area contributed by atoms with Gasteiger partial charge in [-0.1, -0.05) is 35.9 Å². The molecule has 110 valence electrons. The fourth-order valence-electron chi connectivity index (χ4n) is 2.79. The van der Waals surface area contributed by atoms with E-state index in [-0.39, 0.29) is 11.5 Å². The largest absolute Gasteiger partial charge is 0.488 e. The number of fused-ring (bicyclic) bond motifs is 1.